The number of benzene rings is 2. The van der Waals surface area contributed by atoms with Gasteiger partial charge in [-0.25, -0.2) is 13.4 Å². The molecule has 0 aliphatic carbocycles. The minimum Gasteiger partial charge on any atom is -0.364 e. The van der Waals surface area contributed by atoms with Crippen LogP contribution >= 0.6 is 12.4 Å². The van der Waals surface area contributed by atoms with E-state index < -0.39 is 10.0 Å². The zero-order valence-corrected chi connectivity index (χ0v) is 19.7. The van der Waals surface area contributed by atoms with Crippen LogP contribution in [0.3, 0.4) is 0 Å². The molecule has 9 heteroatoms. The molecule has 0 unspecified atom stereocenters. The van der Waals surface area contributed by atoms with Gasteiger partial charge in [-0.15, -0.1) is 12.4 Å². The maximum absolute atomic E-state index is 12.8. The standard InChI is InChI=1S/C23H25N5O2S.ClH/c1-26-17-25-13-22(26)16-27-15-21(11-18-6-4-3-5-7-18)28(31(2,29)30)14-20-10-19(12-24)8-9-23(20)27;/h3-10,13,17,21H,11,14-16H2,1-2H3;1H/t21-;/m1./s1. The molecule has 168 valence electrons. The largest absolute Gasteiger partial charge is 0.364 e. The Morgan fingerprint density at radius 1 is 1.19 bits per heavy atom. The first-order chi connectivity index (χ1) is 14.8. The third-order valence-corrected chi connectivity index (χ3v) is 7.00. The molecule has 0 saturated carbocycles. The van der Waals surface area contributed by atoms with Crippen molar-refractivity contribution in [2.45, 2.75) is 25.6 Å². The van der Waals surface area contributed by atoms with E-state index in [1.807, 2.05) is 54.2 Å². The predicted octanol–water partition coefficient (Wildman–Crippen LogP) is 3.11. The molecular weight excluding hydrogens is 446 g/mol. The Morgan fingerprint density at radius 2 is 1.94 bits per heavy atom. The van der Waals surface area contributed by atoms with Crippen molar-refractivity contribution < 1.29 is 8.42 Å². The molecule has 0 N–H and O–H groups in total. The van der Waals surface area contributed by atoms with E-state index in [0.717, 1.165) is 22.5 Å². The minimum absolute atomic E-state index is 0. The molecular formula is C23H26ClN5O2S. The second kappa shape index (κ2) is 9.74. The van der Waals surface area contributed by atoms with Crippen molar-refractivity contribution in [2.24, 2.45) is 7.05 Å². The summed E-state index contributed by atoms with van der Waals surface area (Å²) >= 11 is 0. The number of rotatable bonds is 5. The lowest BCUT2D eigenvalue weighted by atomic mass is 10.1. The molecule has 0 amide bonds. The minimum atomic E-state index is -3.47. The summed E-state index contributed by atoms with van der Waals surface area (Å²) in [5, 5.41) is 9.38. The highest BCUT2D eigenvalue weighted by Crippen LogP contribution is 2.31. The Balaban J connectivity index is 0.00000289. The summed E-state index contributed by atoms with van der Waals surface area (Å²) in [5.74, 6) is 0. The van der Waals surface area contributed by atoms with E-state index >= 15 is 0 Å². The number of halogens is 1. The van der Waals surface area contributed by atoms with Crippen LogP contribution in [-0.2, 0) is 36.6 Å². The first-order valence-corrected chi connectivity index (χ1v) is 11.9. The molecule has 32 heavy (non-hydrogen) atoms. The van der Waals surface area contributed by atoms with Crippen molar-refractivity contribution >= 4 is 28.1 Å². The quantitative estimate of drug-likeness (QED) is 0.571. The van der Waals surface area contributed by atoms with Gasteiger partial charge in [0, 0.05) is 38.1 Å². The zero-order chi connectivity index (χ0) is 22.0. The molecule has 2 aromatic carbocycles. The highest BCUT2D eigenvalue weighted by atomic mass is 35.5. The van der Waals surface area contributed by atoms with Gasteiger partial charge in [0.05, 0.1) is 36.5 Å². The summed E-state index contributed by atoms with van der Waals surface area (Å²) in [6, 6.07) is 17.4. The van der Waals surface area contributed by atoms with Gasteiger partial charge in [-0.3, -0.25) is 0 Å². The van der Waals surface area contributed by atoms with E-state index in [-0.39, 0.29) is 25.0 Å². The van der Waals surface area contributed by atoms with Crippen molar-refractivity contribution in [3.05, 3.63) is 83.4 Å². The van der Waals surface area contributed by atoms with E-state index in [1.54, 1.807) is 22.8 Å². The number of aryl methyl sites for hydroxylation is 1. The van der Waals surface area contributed by atoms with Crippen molar-refractivity contribution in [3.8, 4) is 6.07 Å². The molecule has 2 heterocycles. The molecule has 0 spiro atoms. The summed E-state index contributed by atoms with van der Waals surface area (Å²) < 4.78 is 29.2. The number of hydrogen-bond donors (Lipinski definition) is 0. The molecule has 1 aliphatic heterocycles. The Labute approximate surface area is 195 Å². The fourth-order valence-corrected chi connectivity index (χ4v) is 5.21. The van der Waals surface area contributed by atoms with E-state index in [2.05, 4.69) is 16.0 Å². The molecule has 1 aromatic heterocycles. The fraction of sp³-hybridized carbons (Fsp3) is 0.304. The van der Waals surface area contributed by atoms with Crippen LogP contribution in [0.15, 0.2) is 61.1 Å². The number of imidazole rings is 1. The Morgan fingerprint density at radius 3 is 2.56 bits per heavy atom. The second-order valence-electron chi connectivity index (χ2n) is 7.98. The highest BCUT2D eigenvalue weighted by Gasteiger charge is 2.33. The van der Waals surface area contributed by atoms with Crippen LogP contribution in [-0.4, -0.2) is 41.1 Å². The maximum atomic E-state index is 12.8. The lowest BCUT2D eigenvalue weighted by Crippen LogP contribution is -2.45. The molecule has 4 rings (SSSR count). The molecule has 0 saturated heterocycles. The van der Waals surface area contributed by atoms with Crippen molar-refractivity contribution in [3.63, 3.8) is 0 Å². The molecule has 1 atom stereocenters. The maximum Gasteiger partial charge on any atom is 0.211 e. The van der Waals surface area contributed by atoms with E-state index in [4.69, 9.17) is 0 Å². The SMILES string of the molecule is Cl.Cn1cncc1CN1C[C@@H](Cc2ccccc2)N(S(C)(=O)=O)Cc2cc(C#N)ccc21. The third kappa shape index (κ3) is 5.13. The highest BCUT2D eigenvalue weighted by molar-refractivity contribution is 7.88. The first kappa shape index (κ1) is 23.8. The Kier molecular flexibility index (Phi) is 7.24. The van der Waals surface area contributed by atoms with Crippen LogP contribution in [0.5, 0.6) is 0 Å². The number of hydrogen-bond acceptors (Lipinski definition) is 5. The predicted molar refractivity (Wildman–Crippen MR) is 127 cm³/mol. The molecule has 1 aliphatic rings. The van der Waals surface area contributed by atoms with Gasteiger partial charge in [-0.05, 0) is 35.7 Å². The average molecular weight is 472 g/mol. The lowest BCUT2D eigenvalue weighted by molar-refractivity contribution is 0.320. The van der Waals surface area contributed by atoms with Crippen LogP contribution in [0.2, 0.25) is 0 Å². The van der Waals surface area contributed by atoms with Crippen molar-refractivity contribution in [1.82, 2.24) is 13.9 Å². The molecule has 0 bridgehead atoms. The van der Waals surface area contributed by atoms with Crippen molar-refractivity contribution in [1.29, 1.82) is 5.26 Å². The van der Waals surface area contributed by atoms with Gasteiger partial charge in [0.15, 0.2) is 0 Å². The van der Waals surface area contributed by atoms with Gasteiger partial charge >= 0.3 is 0 Å². The van der Waals surface area contributed by atoms with Crippen LogP contribution in [0.4, 0.5) is 5.69 Å². The molecule has 0 fully saturated rings. The normalized spacial score (nSPS) is 16.5. The number of aromatic nitrogens is 2. The smallest absolute Gasteiger partial charge is 0.211 e. The second-order valence-corrected chi connectivity index (χ2v) is 9.92. The fourth-order valence-electron chi connectivity index (χ4n) is 4.15. The number of sulfonamides is 1. The van der Waals surface area contributed by atoms with Crippen LogP contribution in [0.1, 0.15) is 22.4 Å². The van der Waals surface area contributed by atoms with Gasteiger partial charge in [0.2, 0.25) is 10.0 Å². The third-order valence-electron chi connectivity index (χ3n) is 5.72. The molecule has 0 radical (unpaired) electrons. The van der Waals surface area contributed by atoms with Crippen molar-refractivity contribution in [2.75, 3.05) is 17.7 Å². The van der Waals surface area contributed by atoms with Gasteiger partial charge in [-0.1, -0.05) is 30.3 Å². The van der Waals surface area contributed by atoms with E-state index in [1.165, 1.54) is 6.26 Å². The topological polar surface area (TPSA) is 82.2 Å². The van der Waals surface area contributed by atoms with Crippen LogP contribution in [0.25, 0.3) is 0 Å². The molecule has 3 aromatic rings. The van der Waals surface area contributed by atoms with Gasteiger partial charge in [0.25, 0.3) is 0 Å². The number of nitrogens with zero attached hydrogens (tertiary/aromatic N) is 5. The summed E-state index contributed by atoms with van der Waals surface area (Å²) in [7, 11) is -1.52. The lowest BCUT2D eigenvalue weighted by Gasteiger charge is -2.31. The first-order valence-electron chi connectivity index (χ1n) is 10.1. The van der Waals surface area contributed by atoms with Crippen LogP contribution in [0, 0.1) is 11.3 Å². The number of nitriles is 1. The van der Waals surface area contributed by atoms with E-state index in [0.29, 0.717) is 25.1 Å². The zero-order valence-electron chi connectivity index (χ0n) is 18.0. The van der Waals surface area contributed by atoms with Gasteiger partial charge < -0.3 is 9.47 Å². The van der Waals surface area contributed by atoms with Crippen LogP contribution < -0.4 is 4.90 Å². The van der Waals surface area contributed by atoms with Gasteiger partial charge in [-0.2, -0.15) is 9.57 Å². The Hall–Kier alpha value is -2.86. The Bertz CT molecular complexity index is 1220. The number of anilines is 1. The summed E-state index contributed by atoms with van der Waals surface area (Å²) in [4.78, 5) is 6.42. The summed E-state index contributed by atoms with van der Waals surface area (Å²) in [6.45, 7) is 1.37. The van der Waals surface area contributed by atoms with Gasteiger partial charge in [0.1, 0.15) is 0 Å². The summed E-state index contributed by atoms with van der Waals surface area (Å²) in [5.41, 5.74) is 4.42. The average Bonchev–Trinajstić information content (AvgIpc) is 3.07. The van der Waals surface area contributed by atoms with E-state index in [9.17, 15) is 13.7 Å². The summed E-state index contributed by atoms with van der Waals surface area (Å²) in [6.07, 6.45) is 5.45. The molecule has 7 nitrogen and oxygen atoms in total. The number of fused-ring (bicyclic) bond motifs is 1. The monoisotopic (exact) mass is 471 g/mol.